The van der Waals surface area contributed by atoms with E-state index >= 15 is 0 Å². The highest BCUT2D eigenvalue weighted by Gasteiger charge is 2.24. The molecule has 0 aliphatic carbocycles. The lowest BCUT2D eigenvalue weighted by atomic mass is 10.2. The van der Waals surface area contributed by atoms with Crippen molar-refractivity contribution >= 4 is 44.2 Å². The van der Waals surface area contributed by atoms with Gasteiger partial charge in [-0.15, -0.1) is 0 Å². The molecule has 0 fully saturated rings. The first-order valence-corrected chi connectivity index (χ1v) is 9.33. The van der Waals surface area contributed by atoms with Gasteiger partial charge in [0.25, 0.3) is 5.91 Å². The highest BCUT2D eigenvalue weighted by atomic mass is 35.5. The van der Waals surface area contributed by atoms with Gasteiger partial charge < -0.3 is 0 Å². The highest BCUT2D eigenvalue weighted by Crippen LogP contribution is 2.32. The standard InChI is InChI=1S/C20H13ClFN3OS/c21-15-7-2-1-6-14(15)19(26)25(12-13-5-4-10-23-11-13)20-24-18-16(22)8-3-9-17(18)27-20/h1-11H,12H2. The van der Waals surface area contributed by atoms with Crippen LogP contribution in [0.2, 0.25) is 5.02 Å². The van der Waals surface area contributed by atoms with Crippen LogP contribution in [-0.4, -0.2) is 15.9 Å². The number of nitrogens with zero attached hydrogens (tertiary/aromatic N) is 3. The third-order valence-electron chi connectivity index (χ3n) is 4.00. The Hall–Kier alpha value is -2.83. The second-order valence-corrected chi connectivity index (χ2v) is 7.23. The minimum absolute atomic E-state index is 0.249. The van der Waals surface area contributed by atoms with Crippen molar-refractivity contribution in [1.82, 2.24) is 9.97 Å². The number of carbonyl (C=O) groups excluding carboxylic acids is 1. The fraction of sp³-hybridized carbons (Fsp3) is 0.0500. The van der Waals surface area contributed by atoms with Gasteiger partial charge in [0.2, 0.25) is 0 Å². The fourth-order valence-corrected chi connectivity index (χ4v) is 3.89. The molecule has 2 aromatic carbocycles. The van der Waals surface area contributed by atoms with Gasteiger partial charge in [0.05, 0.1) is 21.8 Å². The van der Waals surface area contributed by atoms with Crippen molar-refractivity contribution in [1.29, 1.82) is 0 Å². The van der Waals surface area contributed by atoms with Crippen LogP contribution < -0.4 is 4.90 Å². The highest BCUT2D eigenvalue weighted by molar-refractivity contribution is 7.22. The molecule has 0 aliphatic heterocycles. The zero-order chi connectivity index (χ0) is 18.8. The molecule has 0 saturated carbocycles. The lowest BCUT2D eigenvalue weighted by molar-refractivity contribution is 0.0985. The third-order valence-corrected chi connectivity index (χ3v) is 5.38. The number of amides is 1. The SMILES string of the molecule is O=C(c1ccccc1Cl)N(Cc1cccnc1)c1nc2c(F)cccc2s1. The molecule has 2 aromatic heterocycles. The molecule has 2 heterocycles. The summed E-state index contributed by atoms with van der Waals surface area (Å²) < 4.78 is 14.8. The van der Waals surface area contributed by atoms with Crippen molar-refractivity contribution in [3.8, 4) is 0 Å². The van der Waals surface area contributed by atoms with Gasteiger partial charge in [-0.25, -0.2) is 9.37 Å². The predicted octanol–water partition coefficient (Wildman–Crippen LogP) is 5.33. The van der Waals surface area contributed by atoms with Crippen LogP contribution in [0.25, 0.3) is 10.2 Å². The first-order chi connectivity index (χ1) is 13.1. The van der Waals surface area contributed by atoms with E-state index in [0.717, 1.165) is 5.56 Å². The van der Waals surface area contributed by atoms with Crippen molar-refractivity contribution in [3.63, 3.8) is 0 Å². The number of hydrogen-bond acceptors (Lipinski definition) is 4. The van der Waals surface area contributed by atoms with E-state index in [4.69, 9.17) is 11.6 Å². The van der Waals surface area contributed by atoms with Gasteiger partial charge in [-0.3, -0.25) is 14.7 Å². The monoisotopic (exact) mass is 397 g/mol. The van der Waals surface area contributed by atoms with E-state index in [1.54, 1.807) is 54.9 Å². The number of carbonyl (C=O) groups is 1. The number of halogens is 2. The molecule has 4 rings (SSSR count). The molecule has 27 heavy (non-hydrogen) atoms. The topological polar surface area (TPSA) is 46.1 Å². The van der Waals surface area contributed by atoms with Crippen LogP contribution in [0, 0.1) is 5.82 Å². The molecule has 4 nitrogen and oxygen atoms in total. The van der Waals surface area contributed by atoms with E-state index in [2.05, 4.69) is 9.97 Å². The lowest BCUT2D eigenvalue weighted by Crippen LogP contribution is -2.30. The van der Waals surface area contributed by atoms with Gasteiger partial charge in [0.15, 0.2) is 5.13 Å². The Morgan fingerprint density at radius 3 is 2.70 bits per heavy atom. The zero-order valence-electron chi connectivity index (χ0n) is 14.0. The summed E-state index contributed by atoms with van der Waals surface area (Å²) in [5.41, 5.74) is 1.45. The molecule has 134 valence electrons. The molecule has 1 amide bonds. The number of fused-ring (bicyclic) bond motifs is 1. The number of para-hydroxylation sites is 1. The number of rotatable bonds is 4. The summed E-state index contributed by atoms with van der Waals surface area (Å²) >= 11 is 7.48. The molecule has 0 saturated heterocycles. The van der Waals surface area contributed by atoms with E-state index < -0.39 is 5.82 Å². The summed E-state index contributed by atoms with van der Waals surface area (Å²) in [5, 5.41) is 0.759. The number of anilines is 1. The molecule has 0 radical (unpaired) electrons. The quantitative estimate of drug-likeness (QED) is 0.467. The van der Waals surface area contributed by atoms with Gasteiger partial charge >= 0.3 is 0 Å². The summed E-state index contributed by atoms with van der Waals surface area (Å²) in [4.78, 5) is 23.2. The minimum Gasteiger partial charge on any atom is -0.279 e. The number of benzene rings is 2. The minimum atomic E-state index is -0.415. The average Bonchev–Trinajstić information content (AvgIpc) is 3.12. The normalized spacial score (nSPS) is 10.9. The van der Waals surface area contributed by atoms with E-state index in [-0.39, 0.29) is 18.0 Å². The third kappa shape index (κ3) is 3.54. The maximum absolute atomic E-state index is 14.1. The van der Waals surface area contributed by atoms with Crippen molar-refractivity contribution in [3.05, 3.63) is 89.0 Å². The zero-order valence-corrected chi connectivity index (χ0v) is 15.5. The van der Waals surface area contributed by atoms with Crippen LogP contribution in [0.15, 0.2) is 67.0 Å². The van der Waals surface area contributed by atoms with Crippen molar-refractivity contribution < 1.29 is 9.18 Å². The molecule has 0 N–H and O–H groups in total. The Balaban J connectivity index is 1.81. The van der Waals surface area contributed by atoms with Gasteiger partial charge in [-0.1, -0.05) is 47.2 Å². The van der Waals surface area contributed by atoms with Crippen LogP contribution in [0.5, 0.6) is 0 Å². The lowest BCUT2D eigenvalue weighted by Gasteiger charge is -2.20. The summed E-state index contributed by atoms with van der Waals surface area (Å²) in [6.45, 7) is 0.249. The van der Waals surface area contributed by atoms with E-state index in [1.807, 2.05) is 6.07 Å². The van der Waals surface area contributed by atoms with E-state index in [9.17, 15) is 9.18 Å². The van der Waals surface area contributed by atoms with Gasteiger partial charge in [0, 0.05) is 12.4 Å². The molecule has 0 spiro atoms. The average molecular weight is 398 g/mol. The molecular formula is C20H13ClFN3OS. The number of thiazole rings is 1. The molecule has 0 unspecified atom stereocenters. The van der Waals surface area contributed by atoms with Crippen LogP contribution in [0.3, 0.4) is 0 Å². The Labute approximate surface area is 163 Å². The smallest absolute Gasteiger partial charge is 0.261 e. The largest absolute Gasteiger partial charge is 0.279 e. The molecule has 4 aromatic rings. The Morgan fingerprint density at radius 1 is 1.11 bits per heavy atom. The van der Waals surface area contributed by atoms with E-state index in [1.165, 1.54) is 22.3 Å². The first kappa shape index (κ1) is 17.6. The molecular weight excluding hydrogens is 385 g/mol. The van der Waals surface area contributed by atoms with Crippen LogP contribution in [0.1, 0.15) is 15.9 Å². The summed E-state index contributed by atoms with van der Waals surface area (Å²) in [6, 6.07) is 15.3. The van der Waals surface area contributed by atoms with Crippen molar-refractivity contribution in [2.75, 3.05) is 4.90 Å². The summed E-state index contributed by atoms with van der Waals surface area (Å²) in [7, 11) is 0. The first-order valence-electron chi connectivity index (χ1n) is 8.14. The summed E-state index contributed by atoms with van der Waals surface area (Å²) in [5.74, 6) is -0.717. The van der Waals surface area contributed by atoms with Gasteiger partial charge in [0.1, 0.15) is 11.3 Å². The number of aromatic nitrogens is 2. The predicted molar refractivity (Wildman–Crippen MR) is 106 cm³/mol. The Morgan fingerprint density at radius 2 is 1.96 bits per heavy atom. The second-order valence-electron chi connectivity index (χ2n) is 5.82. The molecule has 0 atom stereocenters. The van der Waals surface area contributed by atoms with Crippen LogP contribution in [-0.2, 0) is 6.54 Å². The Bertz CT molecular complexity index is 1120. The molecule has 0 bridgehead atoms. The maximum Gasteiger partial charge on any atom is 0.261 e. The van der Waals surface area contributed by atoms with Crippen molar-refractivity contribution in [2.45, 2.75) is 6.54 Å². The second kappa shape index (κ2) is 7.42. The molecule has 7 heteroatoms. The van der Waals surface area contributed by atoms with Crippen LogP contribution in [0.4, 0.5) is 9.52 Å². The fourth-order valence-electron chi connectivity index (χ4n) is 2.70. The molecule has 0 aliphatic rings. The van der Waals surface area contributed by atoms with Gasteiger partial charge in [-0.2, -0.15) is 0 Å². The maximum atomic E-state index is 14.1. The van der Waals surface area contributed by atoms with Crippen molar-refractivity contribution in [2.24, 2.45) is 0 Å². The summed E-state index contributed by atoms with van der Waals surface area (Å²) in [6.07, 6.45) is 3.34. The van der Waals surface area contributed by atoms with E-state index in [0.29, 0.717) is 20.4 Å². The van der Waals surface area contributed by atoms with Crippen LogP contribution >= 0.6 is 22.9 Å². The number of hydrogen-bond donors (Lipinski definition) is 0. The van der Waals surface area contributed by atoms with Gasteiger partial charge in [-0.05, 0) is 35.9 Å². The Kier molecular flexibility index (Phi) is 4.83. The number of pyridine rings is 1.